The Hall–Kier alpha value is -1.02. The molecular weight excluding hydrogens is 275 g/mol. The summed E-state index contributed by atoms with van der Waals surface area (Å²) in [6, 6.07) is 0. The molecule has 2 heterocycles. The number of hydrogen-bond acceptors (Lipinski definition) is 5. The van der Waals surface area contributed by atoms with Gasteiger partial charge in [0, 0.05) is 0 Å². The smallest absolute Gasteiger partial charge is 0.424 e. The fraction of sp³-hybridized carbons (Fsp3) is 0.667. The van der Waals surface area contributed by atoms with E-state index in [1.807, 2.05) is 0 Å². The van der Waals surface area contributed by atoms with Crippen LogP contribution >= 0.6 is 18.0 Å². The zero-order valence-corrected chi connectivity index (χ0v) is 10.2. The average Bonchev–Trinajstić information content (AvgIpc) is 2.78. The molecule has 0 aliphatic carbocycles. The molecule has 11 heteroatoms. The largest absolute Gasteiger partial charge is 0.447 e. The standard InChI is InChI=1S/C6H10ClN4O5P/c7-17(14,8-10-1-3-15-5(10)12)9-11-2-4-16-6(11)13/h1-4H2,(H2,8,9,14). The number of amides is 2. The minimum atomic E-state index is -3.64. The maximum atomic E-state index is 11.9. The van der Waals surface area contributed by atoms with Gasteiger partial charge in [-0.3, -0.25) is 4.57 Å². The molecule has 0 aromatic heterocycles. The lowest BCUT2D eigenvalue weighted by molar-refractivity contribution is 0.150. The Balaban J connectivity index is 1.92. The lowest BCUT2D eigenvalue weighted by atomic mass is 10.7. The first-order valence-corrected chi connectivity index (χ1v) is 7.33. The number of rotatable bonds is 4. The predicted molar refractivity (Wildman–Crippen MR) is 55.8 cm³/mol. The molecule has 9 nitrogen and oxygen atoms in total. The minimum Gasteiger partial charge on any atom is -0.447 e. The number of nitrogens with one attached hydrogen (secondary N) is 2. The van der Waals surface area contributed by atoms with Crippen molar-refractivity contribution in [2.75, 3.05) is 26.3 Å². The summed E-state index contributed by atoms with van der Waals surface area (Å²) in [4.78, 5) is 22.2. The van der Waals surface area contributed by atoms with Crippen LogP contribution in [0.2, 0.25) is 0 Å². The highest BCUT2D eigenvalue weighted by molar-refractivity contribution is 7.85. The summed E-state index contributed by atoms with van der Waals surface area (Å²) < 4.78 is 21.1. The van der Waals surface area contributed by atoms with E-state index < -0.39 is 19.0 Å². The number of carbonyl (C=O) groups excluding carboxylic acids is 2. The van der Waals surface area contributed by atoms with Crippen LogP contribution in [0.15, 0.2) is 0 Å². The van der Waals surface area contributed by atoms with Gasteiger partial charge in [0.1, 0.15) is 13.2 Å². The normalized spacial score (nSPS) is 20.8. The Morgan fingerprint density at radius 1 is 1.06 bits per heavy atom. The molecule has 0 spiro atoms. The van der Waals surface area contributed by atoms with Crippen LogP contribution in [-0.2, 0) is 14.0 Å². The van der Waals surface area contributed by atoms with Crippen LogP contribution in [0.5, 0.6) is 0 Å². The molecule has 0 aromatic rings. The predicted octanol–water partition coefficient (Wildman–Crippen LogP) is 0.247. The van der Waals surface area contributed by atoms with Crippen molar-refractivity contribution in [3.63, 3.8) is 0 Å². The molecule has 2 N–H and O–H groups in total. The molecule has 2 saturated heterocycles. The van der Waals surface area contributed by atoms with Crippen LogP contribution in [-0.4, -0.2) is 48.5 Å². The summed E-state index contributed by atoms with van der Waals surface area (Å²) in [7, 11) is 0. The van der Waals surface area contributed by atoms with Crippen molar-refractivity contribution in [3.05, 3.63) is 0 Å². The highest BCUT2D eigenvalue weighted by atomic mass is 35.7. The van der Waals surface area contributed by atoms with Crippen molar-refractivity contribution in [1.82, 2.24) is 20.4 Å². The summed E-state index contributed by atoms with van der Waals surface area (Å²) >= 11 is 5.66. The molecule has 0 aromatic carbocycles. The van der Waals surface area contributed by atoms with Gasteiger partial charge in [-0.2, -0.15) is 0 Å². The summed E-state index contributed by atoms with van der Waals surface area (Å²) in [5, 5.41) is 6.49. The lowest BCUT2D eigenvalue weighted by Gasteiger charge is -2.23. The lowest BCUT2D eigenvalue weighted by Crippen LogP contribution is -2.43. The first-order valence-electron chi connectivity index (χ1n) is 4.72. The van der Waals surface area contributed by atoms with Gasteiger partial charge in [0.25, 0.3) is 0 Å². The van der Waals surface area contributed by atoms with Crippen LogP contribution in [0, 0.1) is 0 Å². The summed E-state index contributed by atoms with van der Waals surface area (Å²) in [5.41, 5.74) is 0. The molecule has 2 aliphatic rings. The van der Waals surface area contributed by atoms with Crippen molar-refractivity contribution in [2.24, 2.45) is 0 Å². The third-order valence-corrected chi connectivity index (χ3v) is 3.47. The van der Waals surface area contributed by atoms with Crippen LogP contribution in [0.25, 0.3) is 0 Å². The fourth-order valence-corrected chi connectivity index (χ4v) is 2.88. The maximum absolute atomic E-state index is 11.9. The Morgan fingerprint density at radius 2 is 1.47 bits per heavy atom. The fourth-order valence-electron chi connectivity index (χ4n) is 1.30. The number of nitrogens with zero attached hydrogens (tertiary/aromatic N) is 2. The molecule has 0 bridgehead atoms. The Kier molecular flexibility index (Phi) is 3.43. The molecule has 2 amide bonds. The van der Waals surface area contributed by atoms with E-state index in [2.05, 4.69) is 19.9 Å². The Bertz CT molecular complexity index is 361. The monoisotopic (exact) mass is 284 g/mol. The van der Waals surface area contributed by atoms with Gasteiger partial charge in [-0.15, -0.1) is 10.4 Å². The molecule has 96 valence electrons. The Morgan fingerprint density at radius 3 is 1.76 bits per heavy atom. The van der Waals surface area contributed by atoms with Crippen LogP contribution < -0.4 is 10.4 Å². The number of cyclic esters (lactones) is 2. The quantitative estimate of drug-likeness (QED) is 0.714. The third-order valence-electron chi connectivity index (χ3n) is 2.02. The van der Waals surface area contributed by atoms with Gasteiger partial charge < -0.3 is 9.47 Å². The first kappa shape index (κ1) is 12.4. The molecule has 17 heavy (non-hydrogen) atoms. The SMILES string of the molecule is O=C1OCCN1NP(=O)(Cl)NN1CCOC1=O. The number of hydrazine groups is 2. The number of hydrogen-bond donors (Lipinski definition) is 2. The summed E-state index contributed by atoms with van der Waals surface area (Å²) in [6.45, 7) is -2.82. The molecule has 0 atom stereocenters. The van der Waals surface area contributed by atoms with Gasteiger partial charge in [-0.1, -0.05) is 0 Å². The van der Waals surface area contributed by atoms with Crippen LogP contribution in [0.3, 0.4) is 0 Å². The zero-order chi connectivity index (χ0) is 12.5. The van der Waals surface area contributed by atoms with E-state index in [1.165, 1.54) is 0 Å². The van der Waals surface area contributed by atoms with Gasteiger partial charge in [0.2, 0.25) is 0 Å². The number of carbonyl (C=O) groups is 2. The average molecular weight is 285 g/mol. The molecule has 2 rings (SSSR count). The van der Waals surface area contributed by atoms with E-state index in [9.17, 15) is 14.2 Å². The van der Waals surface area contributed by atoms with Crippen molar-refractivity contribution in [1.29, 1.82) is 0 Å². The zero-order valence-electron chi connectivity index (χ0n) is 8.59. The molecule has 2 aliphatic heterocycles. The van der Waals surface area contributed by atoms with Crippen LogP contribution in [0.1, 0.15) is 0 Å². The van der Waals surface area contributed by atoms with Gasteiger partial charge in [-0.05, 0) is 11.2 Å². The van der Waals surface area contributed by atoms with Crippen molar-refractivity contribution in [3.8, 4) is 0 Å². The Labute approximate surface area is 101 Å². The topological polar surface area (TPSA) is 100 Å². The second-order valence-corrected chi connectivity index (χ2v) is 6.16. The maximum Gasteiger partial charge on any atom is 0.424 e. The highest BCUT2D eigenvalue weighted by Crippen LogP contribution is 2.43. The number of ether oxygens (including phenoxy) is 2. The molecular formula is C6H10ClN4O5P. The second-order valence-electron chi connectivity index (χ2n) is 3.26. The molecule has 0 radical (unpaired) electrons. The molecule has 2 fully saturated rings. The minimum absolute atomic E-state index is 0.189. The van der Waals surface area contributed by atoms with Crippen molar-refractivity contribution in [2.45, 2.75) is 0 Å². The van der Waals surface area contributed by atoms with E-state index in [4.69, 9.17) is 11.2 Å². The van der Waals surface area contributed by atoms with Gasteiger partial charge >= 0.3 is 19.0 Å². The third kappa shape index (κ3) is 3.01. The van der Waals surface area contributed by atoms with Gasteiger partial charge in [0.05, 0.1) is 13.1 Å². The van der Waals surface area contributed by atoms with Crippen molar-refractivity contribution >= 4 is 30.2 Å². The summed E-state index contributed by atoms with van der Waals surface area (Å²) in [6.07, 6.45) is -1.34. The first-order chi connectivity index (χ1) is 7.98. The van der Waals surface area contributed by atoms with Gasteiger partial charge in [0.15, 0.2) is 0 Å². The molecule has 0 unspecified atom stereocenters. The van der Waals surface area contributed by atoms with Crippen LogP contribution in [0.4, 0.5) is 9.59 Å². The van der Waals surface area contributed by atoms with E-state index in [0.29, 0.717) is 0 Å². The van der Waals surface area contributed by atoms with E-state index in [1.54, 1.807) is 0 Å². The summed E-state index contributed by atoms with van der Waals surface area (Å²) in [5.74, 6) is 0. The highest BCUT2D eigenvalue weighted by Gasteiger charge is 2.34. The van der Waals surface area contributed by atoms with E-state index in [0.717, 1.165) is 10.0 Å². The van der Waals surface area contributed by atoms with Gasteiger partial charge in [-0.25, -0.2) is 19.6 Å². The van der Waals surface area contributed by atoms with Crippen molar-refractivity contribution < 1.29 is 23.6 Å². The molecule has 0 saturated carbocycles. The second kappa shape index (κ2) is 4.69. The van der Waals surface area contributed by atoms with E-state index >= 15 is 0 Å². The van der Waals surface area contributed by atoms with E-state index in [-0.39, 0.29) is 26.3 Å². The number of halogens is 1.